The highest BCUT2D eigenvalue weighted by Gasteiger charge is 2.03. The molecule has 0 saturated heterocycles. The van der Waals surface area contributed by atoms with Gasteiger partial charge in [0.05, 0.1) is 10.2 Å². The molecule has 0 aliphatic rings. The van der Waals surface area contributed by atoms with Crippen molar-refractivity contribution in [3.8, 4) is 0 Å². The molecule has 1 aromatic heterocycles. The minimum atomic E-state index is -0.234. The van der Waals surface area contributed by atoms with Gasteiger partial charge in [0.25, 0.3) is 0 Å². The van der Waals surface area contributed by atoms with E-state index >= 15 is 0 Å². The zero-order chi connectivity index (χ0) is 13.1. The van der Waals surface area contributed by atoms with Gasteiger partial charge in [-0.2, -0.15) is 5.10 Å². The first-order valence-corrected chi connectivity index (χ1v) is 6.49. The van der Waals surface area contributed by atoms with Crippen molar-refractivity contribution in [3.05, 3.63) is 51.5 Å². The Morgan fingerprint density at radius 1 is 1.39 bits per heavy atom. The summed E-state index contributed by atoms with van der Waals surface area (Å²) in [5.41, 5.74) is 3.26. The van der Waals surface area contributed by atoms with Gasteiger partial charge >= 0.3 is 0 Å². The minimum Gasteiger partial charge on any atom is -0.308 e. The van der Waals surface area contributed by atoms with Gasteiger partial charge in [0.2, 0.25) is 0 Å². The molecule has 2 rings (SSSR count). The molecule has 0 bridgehead atoms. The number of aryl methyl sites for hydroxylation is 2. The average molecular weight is 312 g/mol. The Hall–Kier alpha value is -1.20. The third-order valence-electron chi connectivity index (χ3n) is 2.74. The molecule has 0 saturated carbocycles. The van der Waals surface area contributed by atoms with Crippen LogP contribution in [0.1, 0.15) is 16.8 Å². The largest absolute Gasteiger partial charge is 0.308 e. The van der Waals surface area contributed by atoms with Gasteiger partial charge in [0, 0.05) is 31.9 Å². The quantitative estimate of drug-likeness (QED) is 0.941. The Labute approximate surface area is 114 Å². The Bertz CT molecular complexity index is 551. The van der Waals surface area contributed by atoms with E-state index in [0.717, 1.165) is 17.8 Å². The van der Waals surface area contributed by atoms with Crippen LogP contribution in [0.5, 0.6) is 0 Å². The van der Waals surface area contributed by atoms with Gasteiger partial charge in [0.15, 0.2) is 0 Å². The Balaban J connectivity index is 1.92. The number of rotatable bonds is 4. The number of aromatic nitrogens is 2. The highest BCUT2D eigenvalue weighted by atomic mass is 79.9. The lowest BCUT2D eigenvalue weighted by Crippen LogP contribution is -2.13. The van der Waals surface area contributed by atoms with Crippen molar-refractivity contribution in [1.82, 2.24) is 15.1 Å². The monoisotopic (exact) mass is 311 g/mol. The molecule has 0 fully saturated rings. The molecule has 0 amide bonds. The summed E-state index contributed by atoms with van der Waals surface area (Å²) in [5, 5.41) is 7.60. The highest BCUT2D eigenvalue weighted by Crippen LogP contribution is 2.16. The van der Waals surface area contributed by atoms with Crippen molar-refractivity contribution >= 4 is 15.9 Å². The number of benzene rings is 1. The molecule has 1 heterocycles. The fraction of sp³-hybridized carbons (Fsp3) is 0.308. The zero-order valence-corrected chi connectivity index (χ0v) is 12.0. The number of halogens is 2. The molecule has 1 aromatic carbocycles. The van der Waals surface area contributed by atoms with E-state index < -0.39 is 0 Å². The number of hydrogen-bond acceptors (Lipinski definition) is 2. The summed E-state index contributed by atoms with van der Waals surface area (Å²) in [5.74, 6) is -0.234. The molecular weight excluding hydrogens is 297 g/mol. The molecule has 0 radical (unpaired) electrons. The number of nitrogens with one attached hydrogen (secondary N) is 1. The van der Waals surface area contributed by atoms with Crippen molar-refractivity contribution in [2.45, 2.75) is 20.0 Å². The van der Waals surface area contributed by atoms with Crippen LogP contribution in [0.2, 0.25) is 0 Å². The first kappa shape index (κ1) is 13.2. The van der Waals surface area contributed by atoms with Gasteiger partial charge in [-0.1, -0.05) is 6.07 Å². The van der Waals surface area contributed by atoms with Crippen LogP contribution in [-0.2, 0) is 20.1 Å². The molecular formula is C13H15BrFN3. The lowest BCUT2D eigenvalue weighted by Gasteiger charge is -2.05. The summed E-state index contributed by atoms with van der Waals surface area (Å²) in [4.78, 5) is 0. The topological polar surface area (TPSA) is 29.9 Å². The zero-order valence-electron chi connectivity index (χ0n) is 10.4. The van der Waals surface area contributed by atoms with E-state index in [0.29, 0.717) is 11.0 Å². The van der Waals surface area contributed by atoms with Crippen molar-refractivity contribution in [3.63, 3.8) is 0 Å². The van der Waals surface area contributed by atoms with Gasteiger partial charge < -0.3 is 5.32 Å². The van der Waals surface area contributed by atoms with E-state index in [1.165, 1.54) is 11.6 Å². The van der Waals surface area contributed by atoms with Crippen molar-refractivity contribution in [1.29, 1.82) is 0 Å². The lowest BCUT2D eigenvalue weighted by molar-refractivity contribution is 0.618. The second kappa shape index (κ2) is 5.63. The predicted molar refractivity (Wildman–Crippen MR) is 72.6 cm³/mol. The van der Waals surface area contributed by atoms with Crippen LogP contribution in [0.4, 0.5) is 4.39 Å². The number of hydrogen-bond donors (Lipinski definition) is 1. The molecule has 2 aromatic rings. The molecule has 5 heteroatoms. The van der Waals surface area contributed by atoms with Gasteiger partial charge in [-0.3, -0.25) is 4.68 Å². The van der Waals surface area contributed by atoms with Crippen LogP contribution in [0, 0.1) is 12.7 Å². The molecule has 96 valence electrons. The van der Waals surface area contributed by atoms with Crippen molar-refractivity contribution in [2.75, 3.05) is 0 Å². The van der Waals surface area contributed by atoms with Crippen LogP contribution in [0.3, 0.4) is 0 Å². The summed E-state index contributed by atoms with van der Waals surface area (Å²) in [7, 11) is 1.91. The van der Waals surface area contributed by atoms with Crippen LogP contribution < -0.4 is 5.32 Å². The van der Waals surface area contributed by atoms with E-state index in [1.807, 2.05) is 20.2 Å². The second-order valence-electron chi connectivity index (χ2n) is 4.27. The molecule has 0 aliphatic heterocycles. The summed E-state index contributed by atoms with van der Waals surface area (Å²) in [6, 6.07) is 5.04. The van der Waals surface area contributed by atoms with E-state index in [2.05, 4.69) is 26.3 Å². The second-order valence-corrected chi connectivity index (χ2v) is 5.12. The first-order valence-electron chi connectivity index (χ1n) is 5.70. The first-order chi connectivity index (χ1) is 8.56. The third-order valence-corrected chi connectivity index (χ3v) is 3.35. The molecule has 0 atom stereocenters. The van der Waals surface area contributed by atoms with Crippen LogP contribution in [-0.4, -0.2) is 9.78 Å². The van der Waals surface area contributed by atoms with Crippen LogP contribution in [0.15, 0.2) is 28.9 Å². The Morgan fingerprint density at radius 2 is 2.17 bits per heavy atom. The Kier molecular flexibility index (Phi) is 4.14. The maximum atomic E-state index is 13.1. The standard InChI is InChI=1S/C13H15BrFN3/c1-9-11(8-18(2)17-9)7-16-6-10-3-4-13(15)12(14)5-10/h3-5,8,16H,6-7H2,1-2H3. The van der Waals surface area contributed by atoms with Gasteiger partial charge in [-0.05, 0) is 40.5 Å². The van der Waals surface area contributed by atoms with Crippen LogP contribution in [0.25, 0.3) is 0 Å². The van der Waals surface area contributed by atoms with Crippen molar-refractivity contribution in [2.24, 2.45) is 7.05 Å². The average Bonchev–Trinajstić information content (AvgIpc) is 2.63. The van der Waals surface area contributed by atoms with Gasteiger partial charge in [0.1, 0.15) is 5.82 Å². The minimum absolute atomic E-state index is 0.234. The summed E-state index contributed by atoms with van der Waals surface area (Å²) >= 11 is 3.18. The Morgan fingerprint density at radius 3 is 2.78 bits per heavy atom. The lowest BCUT2D eigenvalue weighted by atomic mass is 10.2. The molecule has 1 N–H and O–H groups in total. The SMILES string of the molecule is Cc1nn(C)cc1CNCc1ccc(F)c(Br)c1. The van der Waals surface area contributed by atoms with E-state index in [-0.39, 0.29) is 5.82 Å². The summed E-state index contributed by atoms with van der Waals surface area (Å²) < 4.78 is 15.4. The van der Waals surface area contributed by atoms with Gasteiger partial charge in [-0.25, -0.2) is 4.39 Å². The molecule has 0 spiro atoms. The fourth-order valence-corrected chi connectivity index (χ4v) is 2.24. The molecule has 3 nitrogen and oxygen atoms in total. The van der Waals surface area contributed by atoms with E-state index in [4.69, 9.17) is 0 Å². The molecule has 18 heavy (non-hydrogen) atoms. The molecule has 0 aliphatic carbocycles. The fourth-order valence-electron chi connectivity index (χ4n) is 1.81. The van der Waals surface area contributed by atoms with Crippen LogP contribution >= 0.6 is 15.9 Å². The van der Waals surface area contributed by atoms with Crippen molar-refractivity contribution < 1.29 is 4.39 Å². The maximum Gasteiger partial charge on any atom is 0.137 e. The van der Waals surface area contributed by atoms with E-state index in [1.54, 1.807) is 16.8 Å². The normalized spacial score (nSPS) is 10.9. The maximum absolute atomic E-state index is 13.1. The van der Waals surface area contributed by atoms with Gasteiger partial charge in [-0.15, -0.1) is 0 Å². The smallest absolute Gasteiger partial charge is 0.137 e. The third kappa shape index (κ3) is 3.17. The molecule has 0 unspecified atom stereocenters. The highest BCUT2D eigenvalue weighted by molar-refractivity contribution is 9.10. The van der Waals surface area contributed by atoms with E-state index in [9.17, 15) is 4.39 Å². The predicted octanol–water partition coefficient (Wildman–Crippen LogP) is 2.92. The summed E-state index contributed by atoms with van der Waals surface area (Å²) in [6.45, 7) is 3.45. The number of nitrogens with zero attached hydrogens (tertiary/aromatic N) is 2. The summed E-state index contributed by atoms with van der Waals surface area (Å²) in [6.07, 6.45) is 2.00.